The molecule has 1 fully saturated rings. The minimum atomic E-state index is -0.265. The van der Waals surface area contributed by atoms with Gasteiger partial charge in [-0.3, -0.25) is 14.5 Å². The van der Waals surface area contributed by atoms with E-state index in [-0.39, 0.29) is 23.6 Å². The molecule has 160 valence electrons. The van der Waals surface area contributed by atoms with Gasteiger partial charge in [0.2, 0.25) is 0 Å². The van der Waals surface area contributed by atoms with Crippen LogP contribution in [0.1, 0.15) is 28.8 Å². The Morgan fingerprint density at radius 2 is 2.00 bits per heavy atom. The number of nitrogens with one attached hydrogen (secondary N) is 1. The van der Waals surface area contributed by atoms with Crippen molar-refractivity contribution >= 4 is 28.9 Å². The van der Waals surface area contributed by atoms with E-state index in [2.05, 4.69) is 10.2 Å². The highest BCUT2D eigenvalue weighted by Gasteiger charge is 2.27. The zero-order chi connectivity index (χ0) is 21.6. The fraction of sp³-hybridized carbons (Fsp3) is 0.250. The molecule has 0 saturated carbocycles. The monoisotopic (exact) mass is 438 g/mol. The van der Waals surface area contributed by atoms with Gasteiger partial charge in [-0.25, -0.2) is 4.39 Å². The lowest BCUT2D eigenvalue weighted by molar-refractivity contribution is -0.140. The lowest BCUT2D eigenvalue weighted by Crippen LogP contribution is -2.39. The molecule has 0 bridgehead atoms. The second kappa shape index (κ2) is 9.85. The number of carbonyl (C=O) groups is 2. The lowest BCUT2D eigenvalue weighted by Gasteiger charge is -2.31. The van der Waals surface area contributed by atoms with Crippen LogP contribution in [0.2, 0.25) is 0 Å². The SMILES string of the molecule is O=C(Nc1ccc(OC(=O)C2CCCN(Cc3cccc(F)c3)C2)cc1)c1ccsc1. The molecule has 0 spiro atoms. The van der Waals surface area contributed by atoms with E-state index in [0.717, 1.165) is 24.9 Å². The molecule has 1 saturated heterocycles. The topological polar surface area (TPSA) is 58.6 Å². The van der Waals surface area contributed by atoms with E-state index in [1.54, 1.807) is 41.8 Å². The number of nitrogens with zero attached hydrogens (tertiary/aromatic N) is 1. The molecule has 2 heterocycles. The molecule has 1 atom stereocenters. The number of benzene rings is 2. The van der Waals surface area contributed by atoms with Crippen molar-refractivity contribution in [1.82, 2.24) is 4.90 Å². The van der Waals surface area contributed by atoms with Crippen molar-refractivity contribution in [1.29, 1.82) is 0 Å². The van der Waals surface area contributed by atoms with E-state index in [9.17, 15) is 14.0 Å². The largest absolute Gasteiger partial charge is 0.426 e. The van der Waals surface area contributed by atoms with E-state index < -0.39 is 0 Å². The molecular weight excluding hydrogens is 415 g/mol. The van der Waals surface area contributed by atoms with Crippen molar-refractivity contribution in [3.8, 4) is 5.75 Å². The summed E-state index contributed by atoms with van der Waals surface area (Å²) in [6.45, 7) is 2.07. The van der Waals surface area contributed by atoms with Gasteiger partial charge in [0.05, 0.1) is 11.5 Å². The average molecular weight is 439 g/mol. The molecule has 1 amide bonds. The third kappa shape index (κ3) is 5.77. The zero-order valence-electron chi connectivity index (χ0n) is 16.9. The highest BCUT2D eigenvalue weighted by molar-refractivity contribution is 7.08. The molecule has 4 rings (SSSR count). The van der Waals surface area contributed by atoms with Crippen LogP contribution in [0.25, 0.3) is 0 Å². The number of likely N-dealkylation sites (tertiary alicyclic amines) is 1. The number of amides is 1. The zero-order valence-corrected chi connectivity index (χ0v) is 17.7. The number of thiophene rings is 1. The van der Waals surface area contributed by atoms with Gasteiger partial charge in [-0.05, 0) is 72.8 Å². The molecule has 0 radical (unpaired) electrons. The van der Waals surface area contributed by atoms with Crippen LogP contribution in [0.3, 0.4) is 0 Å². The number of hydrogen-bond acceptors (Lipinski definition) is 5. The fourth-order valence-corrected chi connectivity index (χ4v) is 4.32. The maximum Gasteiger partial charge on any atom is 0.315 e. The van der Waals surface area contributed by atoms with Crippen molar-refractivity contribution in [2.45, 2.75) is 19.4 Å². The van der Waals surface area contributed by atoms with Crippen LogP contribution in [0, 0.1) is 11.7 Å². The van der Waals surface area contributed by atoms with Crippen molar-refractivity contribution in [3.63, 3.8) is 0 Å². The van der Waals surface area contributed by atoms with Crippen LogP contribution in [0.5, 0.6) is 5.75 Å². The molecule has 5 nitrogen and oxygen atoms in total. The second-order valence-corrected chi connectivity index (χ2v) is 8.40. The van der Waals surface area contributed by atoms with Crippen molar-refractivity contribution in [2.24, 2.45) is 5.92 Å². The predicted octanol–water partition coefficient (Wildman–Crippen LogP) is 4.96. The van der Waals surface area contributed by atoms with Crippen molar-refractivity contribution in [3.05, 3.63) is 82.3 Å². The van der Waals surface area contributed by atoms with E-state index >= 15 is 0 Å². The van der Waals surface area contributed by atoms with E-state index in [0.29, 0.717) is 30.1 Å². The standard InChI is InChI=1S/C24H23FN2O3S/c25-20-5-1-3-17(13-20)14-27-11-2-4-18(15-27)24(29)30-22-8-6-21(7-9-22)26-23(28)19-10-12-31-16-19/h1,3,5-10,12-13,16,18H,2,4,11,14-15H2,(H,26,28). The molecule has 1 aliphatic heterocycles. The Balaban J connectivity index is 1.30. The van der Waals surface area contributed by atoms with E-state index in [4.69, 9.17) is 4.74 Å². The quantitative estimate of drug-likeness (QED) is 0.437. The second-order valence-electron chi connectivity index (χ2n) is 7.62. The van der Waals surface area contributed by atoms with Crippen LogP contribution < -0.4 is 10.1 Å². The van der Waals surface area contributed by atoms with Crippen LogP contribution in [0.4, 0.5) is 10.1 Å². The average Bonchev–Trinajstić information content (AvgIpc) is 3.30. The van der Waals surface area contributed by atoms with Crippen LogP contribution in [0.15, 0.2) is 65.4 Å². The Kier molecular flexibility index (Phi) is 6.74. The van der Waals surface area contributed by atoms with Gasteiger partial charge in [-0.2, -0.15) is 11.3 Å². The number of piperidine rings is 1. The third-order valence-corrected chi connectivity index (χ3v) is 5.93. The molecular formula is C24H23FN2O3S. The first-order valence-corrected chi connectivity index (χ1v) is 11.1. The summed E-state index contributed by atoms with van der Waals surface area (Å²) in [5, 5.41) is 6.45. The van der Waals surface area contributed by atoms with Crippen LogP contribution >= 0.6 is 11.3 Å². The minimum absolute atomic E-state index is 0.174. The summed E-state index contributed by atoms with van der Waals surface area (Å²) in [5.74, 6) is -0.466. The third-order valence-electron chi connectivity index (χ3n) is 5.25. The lowest BCUT2D eigenvalue weighted by atomic mass is 9.97. The molecule has 1 N–H and O–H groups in total. The summed E-state index contributed by atoms with van der Waals surface area (Å²) in [6.07, 6.45) is 1.66. The number of esters is 1. The van der Waals surface area contributed by atoms with Crippen molar-refractivity contribution in [2.75, 3.05) is 18.4 Å². The van der Waals surface area contributed by atoms with Gasteiger partial charge in [0.15, 0.2) is 0 Å². The summed E-state index contributed by atoms with van der Waals surface area (Å²) in [5.41, 5.74) is 2.14. The fourth-order valence-electron chi connectivity index (χ4n) is 3.69. The Hall–Kier alpha value is -3.03. The smallest absolute Gasteiger partial charge is 0.315 e. The first kappa shape index (κ1) is 21.2. The van der Waals surface area contributed by atoms with Gasteiger partial charge in [-0.15, -0.1) is 0 Å². The first-order chi connectivity index (χ1) is 15.1. The molecule has 1 unspecified atom stereocenters. The predicted molar refractivity (Wildman–Crippen MR) is 119 cm³/mol. The maximum absolute atomic E-state index is 13.4. The van der Waals surface area contributed by atoms with Crippen LogP contribution in [-0.4, -0.2) is 29.9 Å². The Bertz CT molecular complexity index is 1040. The summed E-state index contributed by atoms with van der Waals surface area (Å²) < 4.78 is 19.0. The van der Waals surface area contributed by atoms with Gasteiger partial charge in [-0.1, -0.05) is 12.1 Å². The first-order valence-electron chi connectivity index (χ1n) is 10.2. The Labute approximate surface area is 184 Å². The normalized spacial score (nSPS) is 16.6. The molecule has 31 heavy (non-hydrogen) atoms. The number of carbonyl (C=O) groups excluding carboxylic acids is 2. The number of anilines is 1. The van der Waals surface area contributed by atoms with Crippen LogP contribution in [-0.2, 0) is 11.3 Å². The molecule has 1 aromatic heterocycles. The molecule has 3 aromatic rings. The van der Waals surface area contributed by atoms with Gasteiger partial charge >= 0.3 is 5.97 Å². The summed E-state index contributed by atoms with van der Waals surface area (Å²) in [4.78, 5) is 26.9. The van der Waals surface area contributed by atoms with Gasteiger partial charge < -0.3 is 10.1 Å². The molecule has 7 heteroatoms. The van der Waals surface area contributed by atoms with Gasteiger partial charge in [0, 0.05) is 24.2 Å². The van der Waals surface area contributed by atoms with Gasteiger partial charge in [0.25, 0.3) is 5.91 Å². The summed E-state index contributed by atoms with van der Waals surface area (Å²) in [7, 11) is 0. The molecule has 1 aliphatic rings. The number of hydrogen-bond donors (Lipinski definition) is 1. The van der Waals surface area contributed by atoms with E-state index in [1.165, 1.54) is 23.5 Å². The molecule has 0 aliphatic carbocycles. The highest BCUT2D eigenvalue weighted by atomic mass is 32.1. The number of halogens is 1. The van der Waals surface area contributed by atoms with Crippen molar-refractivity contribution < 1.29 is 18.7 Å². The highest BCUT2D eigenvalue weighted by Crippen LogP contribution is 2.23. The summed E-state index contributed by atoms with van der Waals surface area (Å²) in [6, 6.07) is 15.1. The Morgan fingerprint density at radius 3 is 2.74 bits per heavy atom. The molecule has 2 aromatic carbocycles. The summed E-state index contributed by atoms with van der Waals surface area (Å²) >= 11 is 1.46. The maximum atomic E-state index is 13.4. The Morgan fingerprint density at radius 1 is 1.16 bits per heavy atom. The van der Waals surface area contributed by atoms with Gasteiger partial charge in [0.1, 0.15) is 11.6 Å². The number of ether oxygens (including phenoxy) is 1. The number of rotatable bonds is 6. The minimum Gasteiger partial charge on any atom is -0.426 e. The van der Waals surface area contributed by atoms with E-state index in [1.807, 2.05) is 11.4 Å².